The Kier molecular flexibility index (Phi) is 3.94. The van der Waals surface area contributed by atoms with Gasteiger partial charge in [-0.3, -0.25) is 4.68 Å². The van der Waals surface area contributed by atoms with Crippen LogP contribution in [0.4, 0.5) is 11.4 Å². The first-order chi connectivity index (χ1) is 10.6. The van der Waals surface area contributed by atoms with Gasteiger partial charge in [0.15, 0.2) is 0 Å². The van der Waals surface area contributed by atoms with E-state index in [1.54, 1.807) is 23.1 Å². The van der Waals surface area contributed by atoms with E-state index < -0.39 is 0 Å². The number of aromatic nitrogens is 2. The van der Waals surface area contributed by atoms with Crippen LogP contribution < -0.4 is 16.5 Å². The third-order valence-corrected chi connectivity index (χ3v) is 4.42. The van der Waals surface area contributed by atoms with Crippen LogP contribution in [0, 0.1) is 5.41 Å². The van der Waals surface area contributed by atoms with Gasteiger partial charge in [0, 0.05) is 59.6 Å². The zero-order chi connectivity index (χ0) is 15.7. The average Bonchev–Trinajstić information content (AvgIpc) is 2.93. The molecule has 0 amide bonds. The Morgan fingerprint density at radius 3 is 2.64 bits per heavy atom. The number of nitrogens with one attached hydrogen (secondary N) is 1. The standard InChI is InChI=1S/C15H19ClN6/c16-11-7-13(18)12(9-17)14(8-11)21-4-1-10(2-5-21)15-20-3-6-22(15)19/h3,6-10,17H,1-2,4-5,18-19H2. The molecule has 3 rings (SSSR count). The third kappa shape index (κ3) is 2.62. The molecule has 6 nitrogen and oxygen atoms in total. The molecule has 22 heavy (non-hydrogen) atoms. The lowest BCUT2D eigenvalue weighted by Crippen LogP contribution is -2.35. The molecule has 1 aliphatic heterocycles. The minimum atomic E-state index is 0.358. The van der Waals surface area contributed by atoms with Crippen molar-refractivity contribution in [2.24, 2.45) is 0 Å². The molecule has 1 aromatic heterocycles. The van der Waals surface area contributed by atoms with Crippen LogP contribution in [-0.2, 0) is 0 Å². The smallest absolute Gasteiger partial charge is 0.130 e. The van der Waals surface area contributed by atoms with Crippen LogP contribution in [-0.4, -0.2) is 29.0 Å². The molecule has 2 heterocycles. The van der Waals surface area contributed by atoms with Crippen molar-refractivity contribution in [2.45, 2.75) is 18.8 Å². The molecular weight excluding hydrogens is 300 g/mol. The summed E-state index contributed by atoms with van der Waals surface area (Å²) in [5.41, 5.74) is 8.16. The molecule has 1 saturated heterocycles. The van der Waals surface area contributed by atoms with Crippen molar-refractivity contribution in [1.29, 1.82) is 5.41 Å². The molecule has 0 spiro atoms. The van der Waals surface area contributed by atoms with E-state index in [0.29, 0.717) is 16.6 Å². The fourth-order valence-electron chi connectivity index (χ4n) is 3.06. The van der Waals surface area contributed by atoms with Gasteiger partial charge in [-0.2, -0.15) is 0 Å². The molecule has 1 fully saturated rings. The van der Waals surface area contributed by atoms with Gasteiger partial charge < -0.3 is 21.9 Å². The summed E-state index contributed by atoms with van der Waals surface area (Å²) in [6.07, 6.45) is 6.70. The lowest BCUT2D eigenvalue weighted by atomic mass is 9.95. The van der Waals surface area contributed by atoms with Gasteiger partial charge in [-0.1, -0.05) is 11.6 Å². The van der Waals surface area contributed by atoms with E-state index in [4.69, 9.17) is 28.6 Å². The van der Waals surface area contributed by atoms with Gasteiger partial charge in [0.1, 0.15) is 5.82 Å². The average molecular weight is 319 g/mol. The Balaban J connectivity index is 1.80. The predicted octanol–water partition coefficient (Wildman–Crippen LogP) is 2.21. The van der Waals surface area contributed by atoms with Crippen LogP contribution >= 0.6 is 11.6 Å². The summed E-state index contributed by atoms with van der Waals surface area (Å²) in [6, 6.07) is 3.56. The van der Waals surface area contributed by atoms with Crippen molar-refractivity contribution in [3.63, 3.8) is 0 Å². The number of halogens is 1. The van der Waals surface area contributed by atoms with Gasteiger partial charge >= 0.3 is 0 Å². The van der Waals surface area contributed by atoms with E-state index >= 15 is 0 Å². The number of imidazole rings is 1. The maximum Gasteiger partial charge on any atom is 0.130 e. The first-order valence-electron chi connectivity index (χ1n) is 7.23. The molecule has 116 valence electrons. The summed E-state index contributed by atoms with van der Waals surface area (Å²) in [6.45, 7) is 1.72. The summed E-state index contributed by atoms with van der Waals surface area (Å²) >= 11 is 6.12. The normalized spacial score (nSPS) is 16.0. The van der Waals surface area contributed by atoms with E-state index in [9.17, 15) is 0 Å². The fourth-order valence-corrected chi connectivity index (χ4v) is 3.28. The van der Waals surface area contributed by atoms with Crippen molar-refractivity contribution in [1.82, 2.24) is 9.66 Å². The van der Waals surface area contributed by atoms with Gasteiger partial charge in [-0.05, 0) is 25.0 Å². The molecule has 0 unspecified atom stereocenters. The van der Waals surface area contributed by atoms with Gasteiger partial charge in [0.2, 0.25) is 0 Å². The number of hydrogen-bond donors (Lipinski definition) is 3. The van der Waals surface area contributed by atoms with Crippen molar-refractivity contribution in [3.8, 4) is 0 Å². The molecular formula is C15H19ClN6. The molecule has 5 N–H and O–H groups in total. The third-order valence-electron chi connectivity index (χ3n) is 4.20. The number of rotatable bonds is 3. The van der Waals surface area contributed by atoms with Gasteiger partial charge in [0.25, 0.3) is 0 Å². The predicted molar refractivity (Wildman–Crippen MR) is 90.3 cm³/mol. The molecule has 1 aromatic carbocycles. The number of hydrogen-bond acceptors (Lipinski definition) is 5. The van der Waals surface area contributed by atoms with Crippen LogP contribution in [0.25, 0.3) is 0 Å². The number of nitrogens with zero attached hydrogens (tertiary/aromatic N) is 3. The number of piperidine rings is 1. The maximum absolute atomic E-state index is 7.59. The largest absolute Gasteiger partial charge is 0.398 e. The van der Waals surface area contributed by atoms with Crippen molar-refractivity contribution in [3.05, 3.63) is 40.9 Å². The summed E-state index contributed by atoms with van der Waals surface area (Å²) in [5, 5.41) is 8.19. The molecule has 0 saturated carbocycles. The SMILES string of the molecule is N=Cc1c(N)cc(Cl)cc1N1CCC(c2nccn2N)CC1. The van der Waals surface area contributed by atoms with Gasteiger partial charge in [-0.15, -0.1) is 0 Å². The van der Waals surface area contributed by atoms with E-state index in [2.05, 4.69) is 9.88 Å². The monoisotopic (exact) mass is 318 g/mol. The number of benzene rings is 1. The van der Waals surface area contributed by atoms with Crippen molar-refractivity contribution >= 4 is 29.2 Å². The quantitative estimate of drug-likeness (QED) is 0.459. The zero-order valence-electron chi connectivity index (χ0n) is 12.2. The van der Waals surface area contributed by atoms with E-state index in [0.717, 1.165) is 43.0 Å². The molecule has 2 aromatic rings. The highest BCUT2D eigenvalue weighted by Gasteiger charge is 2.25. The Bertz CT molecular complexity index is 687. The van der Waals surface area contributed by atoms with E-state index in [1.165, 1.54) is 6.21 Å². The Hall–Kier alpha value is -2.21. The Labute approximate surface area is 134 Å². The van der Waals surface area contributed by atoms with Crippen LogP contribution in [0.5, 0.6) is 0 Å². The van der Waals surface area contributed by atoms with Crippen molar-refractivity contribution < 1.29 is 0 Å². The fraction of sp³-hybridized carbons (Fsp3) is 0.333. The Morgan fingerprint density at radius 2 is 2.05 bits per heavy atom. The molecule has 1 aliphatic rings. The highest BCUT2D eigenvalue weighted by Crippen LogP contribution is 2.34. The van der Waals surface area contributed by atoms with E-state index in [1.807, 2.05) is 6.07 Å². The summed E-state index contributed by atoms with van der Waals surface area (Å²) in [7, 11) is 0. The highest BCUT2D eigenvalue weighted by molar-refractivity contribution is 6.31. The minimum absolute atomic E-state index is 0.358. The molecule has 0 atom stereocenters. The lowest BCUT2D eigenvalue weighted by molar-refractivity contribution is 0.479. The maximum atomic E-state index is 7.59. The van der Waals surface area contributed by atoms with Crippen LogP contribution in [0.15, 0.2) is 24.5 Å². The second kappa shape index (κ2) is 5.88. The molecule has 0 bridgehead atoms. The van der Waals surface area contributed by atoms with Crippen LogP contribution in [0.1, 0.15) is 30.1 Å². The Morgan fingerprint density at radius 1 is 1.32 bits per heavy atom. The van der Waals surface area contributed by atoms with E-state index in [-0.39, 0.29) is 0 Å². The first-order valence-corrected chi connectivity index (χ1v) is 7.60. The summed E-state index contributed by atoms with van der Waals surface area (Å²) < 4.78 is 1.60. The zero-order valence-corrected chi connectivity index (χ0v) is 12.9. The summed E-state index contributed by atoms with van der Waals surface area (Å²) in [5.74, 6) is 7.17. The molecule has 7 heteroatoms. The summed E-state index contributed by atoms with van der Waals surface area (Å²) in [4.78, 5) is 6.57. The first kappa shape index (κ1) is 14.7. The van der Waals surface area contributed by atoms with Gasteiger partial charge in [0.05, 0.1) is 0 Å². The highest BCUT2D eigenvalue weighted by atomic mass is 35.5. The number of nitrogen functional groups attached to an aromatic ring is 2. The second-order valence-corrected chi connectivity index (χ2v) is 5.96. The molecule has 0 aliphatic carbocycles. The number of anilines is 2. The minimum Gasteiger partial charge on any atom is -0.398 e. The van der Waals surface area contributed by atoms with Gasteiger partial charge in [-0.25, -0.2) is 4.98 Å². The van der Waals surface area contributed by atoms with Crippen molar-refractivity contribution in [2.75, 3.05) is 29.6 Å². The topological polar surface area (TPSA) is 97.0 Å². The molecule has 0 radical (unpaired) electrons. The lowest BCUT2D eigenvalue weighted by Gasteiger charge is -2.34. The second-order valence-electron chi connectivity index (χ2n) is 5.53. The number of nitrogens with two attached hydrogens (primary N) is 2. The van der Waals surface area contributed by atoms with Crippen LogP contribution in [0.2, 0.25) is 5.02 Å². The van der Waals surface area contributed by atoms with Crippen LogP contribution in [0.3, 0.4) is 0 Å².